The first-order valence-corrected chi connectivity index (χ1v) is 6.82. The SMILES string of the molecule is NC(CC(=O)NCc1cc(F)ccc1Br)C1CC1. The van der Waals surface area contributed by atoms with Gasteiger partial charge < -0.3 is 11.1 Å². The van der Waals surface area contributed by atoms with Gasteiger partial charge in [-0.1, -0.05) is 15.9 Å². The van der Waals surface area contributed by atoms with Gasteiger partial charge >= 0.3 is 0 Å². The lowest BCUT2D eigenvalue weighted by atomic mass is 10.1. The Morgan fingerprint density at radius 3 is 2.94 bits per heavy atom. The molecule has 1 saturated carbocycles. The van der Waals surface area contributed by atoms with E-state index in [4.69, 9.17) is 5.73 Å². The topological polar surface area (TPSA) is 55.1 Å². The third-order valence-corrected chi connectivity index (χ3v) is 3.91. The van der Waals surface area contributed by atoms with Gasteiger partial charge in [0.2, 0.25) is 5.91 Å². The number of benzene rings is 1. The number of nitrogens with one attached hydrogen (secondary N) is 1. The van der Waals surface area contributed by atoms with Crippen molar-refractivity contribution in [1.29, 1.82) is 0 Å². The minimum Gasteiger partial charge on any atom is -0.352 e. The van der Waals surface area contributed by atoms with Crippen LogP contribution in [0.2, 0.25) is 0 Å². The molecular weight excluding hydrogens is 299 g/mol. The lowest BCUT2D eigenvalue weighted by Crippen LogP contribution is -2.32. The number of carbonyl (C=O) groups is 1. The van der Waals surface area contributed by atoms with Gasteiger partial charge in [0.15, 0.2) is 0 Å². The van der Waals surface area contributed by atoms with Crippen LogP contribution < -0.4 is 11.1 Å². The summed E-state index contributed by atoms with van der Waals surface area (Å²) in [5.74, 6) is 0.124. The molecule has 0 saturated heterocycles. The summed E-state index contributed by atoms with van der Waals surface area (Å²) < 4.78 is 13.8. The van der Waals surface area contributed by atoms with Crippen LogP contribution in [0, 0.1) is 11.7 Å². The average Bonchev–Trinajstić information content (AvgIpc) is 3.14. The van der Waals surface area contributed by atoms with Gasteiger partial charge in [-0.15, -0.1) is 0 Å². The highest BCUT2D eigenvalue weighted by Gasteiger charge is 2.29. The number of amides is 1. The summed E-state index contributed by atoms with van der Waals surface area (Å²) in [5.41, 5.74) is 6.60. The van der Waals surface area contributed by atoms with Crippen LogP contribution in [0.5, 0.6) is 0 Å². The molecule has 0 aliphatic heterocycles. The molecule has 0 radical (unpaired) electrons. The summed E-state index contributed by atoms with van der Waals surface area (Å²) in [4.78, 5) is 11.7. The Morgan fingerprint density at radius 1 is 1.56 bits per heavy atom. The molecule has 1 aliphatic rings. The minimum atomic E-state index is -0.308. The smallest absolute Gasteiger partial charge is 0.221 e. The zero-order chi connectivity index (χ0) is 13.1. The van der Waals surface area contributed by atoms with Gasteiger partial charge in [0.1, 0.15) is 5.82 Å². The Labute approximate surface area is 114 Å². The Bertz CT molecular complexity index is 449. The lowest BCUT2D eigenvalue weighted by Gasteiger charge is -2.11. The summed E-state index contributed by atoms with van der Waals surface area (Å²) in [7, 11) is 0. The molecule has 1 aliphatic carbocycles. The number of hydrogen-bond donors (Lipinski definition) is 2. The Kier molecular flexibility index (Phi) is 4.35. The van der Waals surface area contributed by atoms with Crippen LogP contribution in [-0.4, -0.2) is 11.9 Å². The van der Waals surface area contributed by atoms with E-state index in [0.29, 0.717) is 18.9 Å². The van der Waals surface area contributed by atoms with Gasteiger partial charge in [-0.25, -0.2) is 4.39 Å². The maximum Gasteiger partial charge on any atom is 0.221 e. The summed E-state index contributed by atoms with van der Waals surface area (Å²) in [6.07, 6.45) is 2.60. The highest BCUT2D eigenvalue weighted by Crippen LogP contribution is 2.32. The summed E-state index contributed by atoms with van der Waals surface area (Å²) in [5, 5.41) is 2.76. The molecule has 0 heterocycles. The van der Waals surface area contributed by atoms with Crippen molar-refractivity contribution in [2.75, 3.05) is 0 Å². The van der Waals surface area contributed by atoms with E-state index in [2.05, 4.69) is 21.2 Å². The predicted octanol–water partition coefficient (Wildman–Crippen LogP) is 2.33. The van der Waals surface area contributed by atoms with Crippen molar-refractivity contribution < 1.29 is 9.18 Å². The molecule has 3 nitrogen and oxygen atoms in total. The van der Waals surface area contributed by atoms with Crippen LogP contribution in [0.1, 0.15) is 24.8 Å². The molecule has 18 heavy (non-hydrogen) atoms. The molecule has 0 spiro atoms. The van der Waals surface area contributed by atoms with Crippen LogP contribution in [-0.2, 0) is 11.3 Å². The van der Waals surface area contributed by atoms with Crippen molar-refractivity contribution in [3.63, 3.8) is 0 Å². The largest absolute Gasteiger partial charge is 0.352 e. The summed E-state index contributed by atoms with van der Waals surface area (Å²) >= 11 is 3.32. The fourth-order valence-corrected chi connectivity index (χ4v) is 2.24. The Balaban J connectivity index is 1.82. The van der Waals surface area contributed by atoms with E-state index in [1.165, 1.54) is 12.1 Å². The van der Waals surface area contributed by atoms with E-state index in [1.54, 1.807) is 6.07 Å². The van der Waals surface area contributed by atoms with E-state index >= 15 is 0 Å². The van der Waals surface area contributed by atoms with Gasteiger partial charge in [0.05, 0.1) is 0 Å². The fraction of sp³-hybridized carbons (Fsp3) is 0.462. The number of nitrogens with two attached hydrogens (primary N) is 1. The number of hydrogen-bond acceptors (Lipinski definition) is 2. The molecule has 1 aromatic carbocycles. The molecule has 1 fully saturated rings. The Hall–Kier alpha value is -0.940. The first kappa shape index (κ1) is 13.5. The van der Waals surface area contributed by atoms with Crippen molar-refractivity contribution in [1.82, 2.24) is 5.32 Å². The van der Waals surface area contributed by atoms with E-state index in [9.17, 15) is 9.18 Å². The van der Waals surface area contributed by atoms with Crippen molar-refractivity contribution in [2.24, 2.45) is 11.7 Å². The van der Waals surface area contributed by atoms with Crippen molar-refractivity contribution >= 4 is 21.8 Å². The average molecular weight is 315 g/mol. The zero-order valence-corrected chi connectivity index (χ0v) is 11.5. The maximum atomic E-state index is 13.0. The second-order valence-electron chi connectivity index (χ2n) is 4.72. The molecule has 1 aromatic rings. The van der Waals surface area contributed by atoms with E-state index in [1.807, 2.05) is 0 Å². The van der Waals surface area contributed by atoms with E-state index in [0.717, 1.165) is 22.9 Å². The first-order valence-electron chi connectivity index (χ1n) is 6.02. The highest BCUT2D eigenvalue weighted by molar-refractivity contribution is 9.10. The van der Waals surface area contributed by atoms with Crippen LogP contribution in [0.15, 0.2) is 22.7 Å². The van der Waals surface area contributed by atoms with Gasteiger partial charge in [-0.2, -0.15) is 0 Å². The zero-order valence-electron chi connectivity index (χ0n) is 9.96. The van der Waals surface area contributed by atoms with Crippen molar-refractivity contribution in [3.05, 3.63) is 34.1 Å². The third kappa shape index (κ3) is 3.78. The van der Waals surface area contributed by atoms with Gasteiger partial charge in [-0.3, -0.25) is 4.79 Å². The Morgan fingerprint density at radius 2 is 2.28 bits per heavy atom. The van der Waals surface area contributed by atoms with E-state index in [-0.39, 0.29) is 17.8 Å². The third-order valence-electron chi connectivity index (χ3n) is 3.13. The molecule has 1 unspecified atom stereocenters. The van der Waals surface area contributed by atoms with Crippen LogP contribution in [0.4, 0.5) is 4.39 Å². The van der Waals surface area contributed by atoms with Crippen LogP contribution in [0.25, 0.3) is 0 Å². The highest BCUT2D eigenvalue weighted by atomic mass is 79.9. The number of rotatable bonds is 5. The standard InChI is InChI=1S/C13H16BrFN2O/c14-11-4-3-10(15)5-9(11)7-17-13(18)6-12(16)8-1-2-8/h3-5,8,12H,1-2,6-7,16H2,(H,17,18). The molecule has 3 N–H and O–H groups in total. The fourth-order valence-electron chi connectivity index (χ4n) is 1.85. The van der Waals surface area contributed by atoms with Gasteiger partial charge in [0.25, 0.3) is 0 Å². The summed E-state index contributed by atoms with van der Waals surface area (Å²) in [6, 6.07) is 4.37. The molecule has 0 aromatic heterocycles. The van der Waals surface area contributed by atoms with Crippen LogP contribution in [0.3, 0.4) is 0 Å². The molecule has 98 valence electrons. The molecule has 1 amide bonds. The van der Waals surface area contributed by atoms with Crippen LogP contribution >= 0.6 is 15.9 Å². The second-order valence-corrected chi connectivity index (χ2v) is 5.57. The van der Waals surface area contributed by atoms with Crippen molar-refractivity contribution in [2.45, 2.75) is 31.8 Å². The predicted molar refractivity (Wildman–Crippen MR) is 71.3 cm³/mol. The summed E-state index contributed by atoms with van der Waals surface area (Å²) in [6.45, 7) is 0.314. The molecule has 0 bridgehead atoms. The van der Waals surface area contributed by atoms with Gasteiger partial charge in [-0.05, 0) is 42.5 Å². The second kappa shape index (κ2) is 5.80. The van der Waals surface area contributed by atoms with E-state index < -0.39 is 0 Å². The first-order chi connectivity index (χ1) is 8.56. The normalized spacial score (nSPS) is 16.4. The maximum absolute atomic E-state index is 13.0. The number of halogens is 2. The molecule has 2 rings (SSSR count). The quantitative estimate of drug-likeness (QED) is 0.876. The lowest BCUT2D eigenvalue weighted by molar-refractivity contribution is -0.121. The van der Waals surface area contributed by atoms with Crippen molar-refractivity contribution in [3.8, 4) is 0 Å². The number of carbonyl (C=O) groups excluding carboxylic acids is 1. The monoisotopic (exact) mass is 314 g/mol. The molecule has 5 heteroatoms. The minimum absolute atomic E-state index is 0.0408. The molecule has 1 atom stereocenters. The molecular formula is C13H16BrFN2O. The van der Waals surface area contributed by atoms with Gasteiger partial charge in [0, 0.05) is 23.5 Å².